The lowest BCUT2D eigenvalue weighted by Crippen LogP contribution is -2.26. The number of carboxylic acid groups (broad SMARTS) is 1. The highest BCUT2D eigenvalue weighted by molar-refractivity contribution is 5.99. The standard InChI is InChI=1S/C31H29N5O3/c32-29(33)21-10-11-28-20(17-21)13-16-36(28)19-23-9-8-22(30(37)35-15-12-24-5-3-4-14-34-24)18-27(23)25-6-1-2-7-26(25)31(38)39/h1-11,14,17-18H,12-13,15-16,19H2,(H3,32,33)(H,35,37)(H,38,39). The summed E-state index contributed by atoms with van der Waals surface area (Å²) in [6.07, 6.45) is 3.16. The Morgan fingerprint density at radius 2 is 1.77 bits per heavy atom. The number of hydrogen-bond acceptors (Lipinski definition) is 5. The van der Waals surface area contributed by atoms with Crippen LogP contribution in [-0.2, 0) is 19.4 Å². The Balaban J connectivity index is 1.44. The maximum atomic E-state index is 13.1. The molecule has 1 aliphatic rings. The quantitative estimate of drug-likeness (QED) is 0.193. The molecule has 0 spiro atoms. The number of fused-ring (bicyclic) bond motifs is 1. The van der Waals surface area contributed by atoms with Crippen LogP contribution in [0.25, 0.3) is 11.1 Å². The van der Waals surface area contributed by atoms with Gasteiger partial charge in [0.2, 0.25) is 0 Å². The van der Waals surface area contributed by atoms with E-state index in [0.29, 0.717) is 41.8 Å². The number of carbonyl (C=O) groups is 2. The van der Waals surface area contributed by atoms with Gasteiger partial charge in [-0.05, 0) is 77.2 Å². The lowest BCUT2D eigenvalue weighted by molar-refractivity contribution is 0.0697. The minimum Gasteiger partial charge on any atom is -0.478 e. The number of pyridine rings is 1. The number of rotatable bonds is 9. The van der Waals surface area contributed by atoms with E-state index in [9.17, 15) is 14.7 Å². The number of carboxylic acids is 1. The van der Waals surface area contributed by atoms with Crippen molar-refractivity contribution in [1.29, 1.82) is 5.41 Å². The molecule has 0 unspecified atom stereocenters. The highest BCUT2D eigenvalue weighted by Crippen LogP contribution is 2.34. The van der Waals surface area contributed by atoms with Crippen molar-refractivity contribution in [2.24, 2.45) is 5.73 Å². The van der Waals surface area contributed by atoms with Crippen molar-refractivity contribution in [3.05, 3.63) is 119 Å². The highest BCUT2D eigenvalue weighted by atomic mass is 16.4. The van der Waals surface area contributed by atoms with Crippen LogP contribution < -0.4 is 16.0 Å². The van der Waals surface area contributed by atoms with E-state index >= 15 is 0 Å². The van der Waals surface area contributed by atoms with Crippen LogP contribution in [0.4, 0.5) is 5.69 Å². The number of nitrogen functional groups attached to an aromatic ring is 1. The number of aromatic carboxylic acids is 1. The van der Waals surface area contributed by atoms with Gasteiger partial charge in [-0.1, -0.05) is 30.3 Å². The van der Waals surface area contributed by atoms with Crippen LogP contribution in [0.1, 0.15) is 43.1 Å². The van der Waals surface area contributed by atoms with Crippen LogP contribution in [0.2, 0.25) is 0 Å². The van der Waals surface area contributed by atoms with Gasteiger partial charge >= 0.3 is 5.97 Å². The molecule has 4 aromatic rings. The summed E-state index contributed by atoms with van der Waals surface area (Å²) in [6, 6.07) is 23.8. The lowest BCUT2D eigenvalue weighted by Gasteiger charge is -2.22. The zero-order valence-electron chi connectivity index (χ0n) is 21.4. The summed E-state index contributed by atoms with van der Waals surface area (Å²) in [4.78, 5) is 31.7. The summed E-state index contributed by atoms with van der Waals surface area (Å²) in [5.74, 6) is -1.21. The number of nitrogens with two attached hydrogens (primary N) is 1. The van der Waals surface area contributed by atoms with Gasteiger partial charge in [0, 0.05) is 54.8 Å². The van der Waals surface area contributed by atoms with Crippen molar-refractivity contribution in [2.45, 2.75) is 19.4 Å². The first kappa shape index (κ1) is 25.7. The first-order chi connectivity index (χ1) is 18.9. The Hall–Kier alpha value is -4.98. The van der Waals surface area contributed by atoms with Gasteiger partial charge in [0.1, 0.15) is 5.84 Å². The fourth-order valence-corrected chi connectivity index (χ4v) is 4.97. The van der Waals surface area contributed by atoms with Crippen LogP contribution >= 0.6 is 0 Å². The summed E-state index contributed by atoms with van der Waals surface area (Å²) >= 11 is 0. The minimum atomic E-state index is -1.02. The summed E-state index contributed by atoms with van der Waals surface area (Å²) in [5, 5.41) is 20.6. The molecule has 1 aromatic heterocycles. The van der Waals surface area contributed by atoms with Crippen molar-refractivity contribution < 1.29 is 14.7 Å². The van der Waals surface area contributed by atoms with E-state index in [-0.39, 0.29) is 17.3 Å². The lowest BCUT2D eigenvalue weighted by atomic mass is 9.93. The maximum Gasteiger partial charge on any atom is 0.336 e. The number of anilines is 1. The number of amidine groups is 1. The van der Waals surface area contributed by atoms with Crippen molar-refractivity contribution >= 4 is 23.4 Å². The minimum absolute atomic E-state index is 0.0395. The van der Waals surface area contributed by atoms with Crippen LogP contribution in [-0.4, -0.2) is 40.9 Å². The second-order valence-electron chi connectivity index (χ2n) is 9.48. The topological polar surface area (TPSA) is 132 Å². The fraction of sp³-hybridized carbons (Fsp3) is 0.161. The molecular formula is C31H29N5O3. The molecule has 3 aromatic carbocycles. The van der Waals surface area contributed by atoms with E-state index in [0.717, 1.165) is 35.5 Å². The third-order valence-corrected chi connectivity index (χ3v) is 6.96. The van der Waals surface area contributed by atoms with Gasteiger partial charge in [0.05, 0.1) is 5.56 Å². The molecule has 0 bridgehead atoms. The number of hydrogen-bond donors (Lipinski definition) is 4. The molecule has 0 fully saturated rings. The van der Waals surface area contributed by atoms with Gasteiger partial charge in [0.15, 0.2) is 0 Å². The summed E-state index contributed by atoms with van der Waals surface area (Å²) in [5.41, 5.74) is 12.3. The molecule has 5 N–H and O–H groups in total. The van der Waals surface area contributed by atoms with Gasteiger partial charge in [-0.25, -0.2) is 4.79 Å². The number of carbonyl (C=O) groups excluding carboxylic acids is 1. The first-order valence-corrected chi connectivity index (χ1v) is 12.8. The van der Waals surface area contributed by atoms with Gasteiger partial charge < -0.3 is 21.1 Å². The van der Waals surface area contributed by atoms with Crippen molar-refractivity contribution in [2.75, 3.05) is 18.0 Å². The Kier molecular flexibility index (Phi) is 7.36. The van der Waals surface area contributed by atoms with Crippen LogP contribution in [0, 0.1) is 5.41 Å². The largest absolute Gasteiger partial charge is 0.478 e. The second-order valence-corrected chi connectivity index (χ2v) is 9.48. The molecular weight excluding hydrogens is 490 g/mol. The second kappa shape index (κ2) is 11.2. The molecule has 2 heterocycles. The molecule has 1 amide bonds. The number of benzene rings is 3. The Morgan fingerprint density at radius 1 is 0.974 bits per heavy atom. The predicted octanol–water partition coefficient (Wildman–Crippen LogP) is 4.27. The predicted molar refractivity (Wildman–Crippen MR) is 151 cm³/mol. The normalized spacial score (nSPS) is 12.2. The fourth-order valence-electron chi connectivity index (χ4n) is 4.97. The SMILES string of the molecule is N=C(N)c1ccc2c(c1)CCN2Cc1ccc(C(=O)NCCc2ccccn2)cc1-c1ccccc1C(=O)O. The van der Waals surface area contributed by atoms with E-state index in [1.165, 1.54) is 0 Å². The molecule has 39 heavy (non-hydrogen) atoms. The van der Waals surface area contributed by atoms with Gasteiger partial charge in [0.25, 0.3) is 5.91 Å². The summed E-state index contributed by atoms with van der Waals surface area (Å²) < 4.78 is 0. The maximum absolute atomic E-state index is 13.1. The zero-order valence-corrected chi connectivity index (χ0v) is 21.4. The van der Waals surface area contributed by atoms with Gasteiger partial charge in [-0.15, -0.1) is 0 Å². The van der Waals surface area contributed by atoms with Crippen LogP contribution in [0.15, 0.2) is 85.1 Å². The van der Waals surface area contributed by atoms with Crippen LogP contribution in [0.5, 0.6) is 0 Å². The molecule has 0 saturated carbocycles. The Morgan fingerprint density at radius 3 is 2.54 bits per heavy atom. The molecule has 8 nitrogen and oxygen atoms in total. The highest BCUT2D eigenvalue weighted by Gasteiger charge is 2.23. The smallest absolute Gasteiger partial charge is 0.336 e. The molecule has 1 aliphatic heterocycles. The Bertz CT molecular complexity index is 1550. The summed E-state index contributed by atoms with van der Waals surface area (Å²) in [7, 11) is 0. The van der Waals surface area contributed by atoms with E-state index < -0.39 is 5.97 Å². The molecule has 5 rings (SSSR count). The number of nitrogens with zero attached hydrogens (tertiary/aromatic N) is 2. The van der Waals surface area contributed by atoms with Crippen molar-refractivity contribution in [1.82, 2.24) is 10.3 Å². The number of aromatic nitrogens is 1. The van der Waals surface area contributed by atoms with Crippen LogP contribution in [0.3, 0.4) is 0 Å². The van der Waals surface area contributed by atoms with E-state index in [2.05, 4.69) is 15.2 Å². The van der Waals surface area contributed by atoms with Gasteiger partial charge in [-0.2, -0.15) is 0 Å². The van der Waals surface area contributed by atoms with E-state index in [1.54, 1.807) is 42.6 Å². The third-order valence-electron chi connectivity index (χ3n) is 6.96. The molecule has 0 radical (unpaired) electrons. The average Bonchev–Trinajstić information content (AvgIpc) is 3.35. The monoisotopic (exact) mass is 519 g/mol. The summed E-state index contributed by atoms with van der Waals surface area (Å²) in [6.45, 7) is 1.76. The van der Waals surface area contributed by atoms with Crippen molar-refractivity contribution in [3.63, 3.8) is 0 Å². The number of amides is 1. The average molecular weight is 520 g/mol. The number of nitrogens with one attached hydrogen (secondary N) is 2. The van der Waals surface area contributed by atoms with Crippen molar-refractivity contribution in [3.8, 4) is 11.1 Å². The molecule has 8 heteroatoms. The van der Waals surface area contributed by atoms with Gasteiger partial charge in [-0.3, -0.25) is 15.2 Å². The molecule has 0 aliphatic carbocycles. The Labute approximate surface area is 226 Å². The first-order valence-electron chi connectivity index (χ1n) is 12.8. The molecule has 0 atom stereocenters. The van der Waals surface area contributed by atoms with E-state index in [4.69, 9.17) is 11.1 Å². The molecule has 0 saturated heterocycles. The zero-order chi connectivity index (χ0) is 27.4. The van der Waals surface area contributed by atoms with E-state index in [1.807, 2.05) is 42.5 Å². The molecule has 196 valence electrons. The third kappa shape index (κ3) is 5.65.